The maximum atomic E-state index is 13.1. The number of oxime groups is 1. The standard InChI is InChI=1S/C28H25NO4S/c1-5-25(29-33-19(4)30)20-7-11-22(12-8-20)34-23-13-9-21(10-14-23)27(31)28-18(3)24-16-17(2)6-15-26(24)32-28/h6-16H,5H2,1-4H3/b29-25-. The molecule has 0 fully saturated rings. The molecule has 0 spiro atoms. The van der Waals surface area contributed by atoms with Crippen molar-refractivity contribution in [2.45, 2.75) is 43.9 Å². The van der Waals surface area contributed by atoms with Gasteiger partial charge in [0.1, 0.15) is 5.58 Å². The SMILES string of the molecule is CC/C(=N/OC(C)=O)c1ccc(Sc2ccc(C(=O)c3oc4ccc(C)cc4c3C)cc2)cc1. The molecule has 0 bridgehead atoms. The summed E-state index contributed by atoms with van der Waals surface area (Å²) in [6, 6.07) is 21.4. The van der Waals surface area contributed by atoms with Gasteiger partial charge in [-0.3, -0.25) is 4.79 Å². The van der Waals surface area contributed by atoms with Crippen LogP contribution in [0.15, 0.2) is 86.1 Å². The summed E-state index contributed by atoms with van der Waals surface area (Å²) < 4.78 is 5.87. The van der Waals surface area contributed by atoms with E-state index in [0.29, 0.717) is 23.5 Å². The van der Waals surface area contributed by atoms with E-state index in [1.807, 2.05) is 87.5 Å². The van der Waals surface area contributed by atoms with Crippen molar-refractivity contribution in [1.82, 2.24) is 0 Å². The van der Waals surface area contributed by atoms with Crippen LogP contribution in [0.5, 0.6) is 0 Å². The molecule has 0 aliphatic carbocycles. The van der Waals surface area contributed by atoms with Crippen LogP contribution in [0.4, 0.5) is 0 Å². The van der Waals surface area contributed by atoms with Gasteiger partial charge in [-0.1, -0.05) is 47.6 Å². The van der Waals surface area contributed by atoms with E-state index in [9.17, 15) is 9.59 Å². The summed E-state index contributed by atoms with van der Waals surface area (Å²) >= 11 is 1.60. The average Bonchev–Trinajstić information content (AvgIpc) is 3.16. The van der Waals surface area contributed by atoms with Crippen molar-refractivity contribution in [3.05, 3.63) is 94.7 Å². The lowest BCUT2D eigenvalue weighted by atomic mass is 10.0. The summed E-state index contributed by atoms with van der Waals surface area (Å²) in [5.74, 6) is -0.171. The van der Waals surface area contributed by atoms with Gasteiger partial charge in [0.15, 0.2) is 5.76 Å². The first kappa shape index (κ1) is 23.5. The largest absolute Gasteiger partial charge is 0.452 e. The molecule has 0 aliphatic rings. The zero-order chi connectivity index (χ0) is 24.2. The highest BCUT2D eigenvalue weighted by Gasteiger charge is 2.19. The van der Waals surface area contributed by atoms with Crippen LogP contribution in [0.3, 0.4) is 0 Å². The van der Waals surface area contributed by atoms with Crippen molar-refractivity contribution >= 4 is 40.2 Å². The fourth-order valence-corrected chi connectivity index (χ4v) is 4.47. The summed E-state index contributed by atoms with van der Waals surface area (Å²) in [7, 11) is 0. The van der Waals surface area contributed by atoms with Gasteiger partial charge in [0.05, 0.1) is 5.71 Å². The molecule has 0 atom stereocenters. The Balaban J connectivity index is 1.48. The molecule has 6 heteroatoms. The molecule has 5 nitrogen and oxygen atoms in total. The minimum absolute atomic E-state index is 0.119. The smallest absolute Gasteiger partial charge is 0.331 e. The van der Waals surface area contributed by atoms with E-state index >= 15 is 0 Å². The van der Waals surface area contributed by atoms with E-state index < -0.39 is 5.97 Å². The van der Waals surface area contributed by atoms with Crippen molar-refractivity contribution in [1.29, 1.82) is 0 Å². The van der Waals surface area contributed by atoms with E-state index in [-0.39, 0.29) is 5.78 Å². The first-order chi connectivity index (χ1) is 16.4. The van der Waals surface area contributed by atoms with E-state index in [0.717, 1.165) is 37.5 Å². The Morgan fingerprint density at radius 3 is 2.12 bits per heavy atom. The lowest BCUT2D eigenvalue weighted by molar-refractivity contribution is -0.140. The number of carbonyl (C=O) groups is 2. The normalized spacial score (nSPS) is 11.6. The Morgan fingerprint density at radius 1 is 0.912 bits per heavy atom. The van der Waals surface area contributed by atoms with Crippen LogP contribution in [-0.2, 0) is 9.63 Å². The molecule has 0 unspecified atom stereocenters. The molecule has 0 N–H and O–H groups in total. The van der Waals surface area contributed by atoms with Gasteiger partial charge >= 0.3 is 5.97 Å². The van der Waals surface area contributed by atoms with Crippen LogP contribution in [0.2, 0.25) is 0 Å². The second-order valence-electron chi connectivity index (χ2n) is 8.01. The number of fused-ring (bicyclic) bond motifs is 1. The number of rotatable bonds is 7. The van der Waals surface area contributed by atoms with Crippen LogP contribution < -0.4 is 0 Å². The van der Waals surface area contributed by atoms with Crippen molar-refractivity contribution in [2.24, 2.45) is 5.16 Å². The molecule has 0 aliphatic heterocycles. The maximum Gasteiger partial charge on any atom is 0.331 e. The second kappa shape index (κ2) is 10.1. The van der Waals surface area contributed by atoms with Gasteiger partial charge in [-0.25, -0.2) is 4.79 Å². The lowest BCUT2D eigenvalue weighted by Gasteiger charge is -2.06. The van der Waals surface area contributed by atoms with Gasteiger partial charge in [0.2, 0.25) is 5.78 Å². The molecule has 1 aromatic heterocycles. The minimum atomic E-state index is -0.439. The lowest BCUT2D eigenvalue weighted by Crippen LogP contribution is -2.02. The number of furan rings is 1. The van der Waals surface area contributed by atoms with Crippen LogP contribution >= 0.6 is 11.8 Å². The van der Waals surface area contributed by atoms with Crippen LogP contribution in [0.25, 0.3) is 11.0 Å². The van der Waals surface area contributed by atoms with Crippen molar-refractivity contribution in [2.75, 3.05) is 0 Å². The quantitative estimate of drug-likeness (QED) is 0.124. The Bertz CT molecular complexity index is 1380. The summed E-state index contributed by atoms with van der Waals surface area (Å²) in [5.41, 5.74) is 4.94. The van der Waals surface area contributed by atoms with Gasteiger partial charge in [-0.15, -0.1) is 0 Å². The maximum absolute atomic E-state index is 13.1. The third-order valence-electron chi connectivity index (χ3n) is 5.46. The summed E-state index contributed by atoms with van der Waals surface area (Å²) in [6.07, 6.45) is 0.652. The molecule has 3 aromatic carbocycles. The zero-order valence-electron chi connectivity index (χ0n) is 19.5. The average molecular weight is 472 g/mol. The van der Waals surface area contributed by atoms with Crippen LogP contribution in [-0.4, -0.2) is 17.5 Å². The van der Waals surface area contributed by atoms with E-state index in [1.165, 1.54) is 6.92 Å². The fourth-order valence-electron chi connectivity index (χ4n) is 3.65. The van der Waals surface area contributed by atoms with E-state index in [1.54, 1.807) is 11.8 Å². The Morgan fingerprint density at radius 2 is 1.53 bits per heavy atom. The zero-order valence-corrected chi connectivity index (χ0v) is 20.4. The van der Waals surface area contributed by atoms with Crippen molar-refractivity contribution in [3.63, 3.8) is 0 Å². The molecular formula is C28H25NO4S. The second-order valence-corrected chi connectivity index (χ2v) is 9.16. The molecule has 4 rings (SSSR count). The highest BCUT2D eigenvalue weighted by atomic mass is 32.2. The Labute approximate surface area is 202 Å². The molecule has 0 saturated carbocycles. The van der Waals surface area contributed by atoms with Gasteiger partial charge in [0.25, 0.3) is 0 Å². The number of carbonyl (C=O) groups excluding carboxylic acids is 2. The Kier molecular flexibility index (Phi) is 6.98. The van der Waals surface area contributed by atoms with E-state index in [2.05, 4.69) is 5.16 Å². The molecule has 172 valence electrons. The summed E-state index contributed by atoms with van der Waals surface area (Å²) in [6.45, 7) is 7.24. The predicted molar refractivity (Wildman–Crippen MR) is 135 cm³/mol. The Hall–Kier alpha value is -3.64. The highest BCUT2D eigenvalue weighted by molar-refractivity contribution is 7.99. The first-order valence-corrected chi connectivity index (χ1v) is 11.8. The topological polar surface area (TPSA) is 68.9 Å². The molecule has 0 radical (unpaired) electrons. The minimum Gasteiger partial charge on any atom is -0.452 e. The number of hydrogen-bond acceptors (Lipinski definition) is 6. The third kappa shape index (κ3) is 5.13. The first-order valence-electron chi connectivity index (χ1n) is 11.0. The van der Waals surface area contributed by atoms with Crippen molar-refractivity contribution in [3.8, 4) is 0 Å². The third-order valence-corrected chi connectivity index (χ3v) is 6.47. The van der Waals surface area contributed by atoms with Crippen molar-refractivity contribution < 1.29 is 18.8 Å². The number of hydrogen-bond donors (Lipinski definition) is 0. The highest BCUT2D eigenvalue weighted by Crippen LogP contribution is 2.31. The van der Waals surface area contributed by atoms with Gasteiger partial charge < -0.3 is 9.25 Å². The predicted octanol–water partition coefficient (Wildman–Crippen LogP) is 7.11. The molecule has 34 heavy (non-hydrogen) atoms. The molecule has 0 amide bonds. The molecule has 1 heterocycles. The van der Waals surface area contributed by atoms with Gasteiger partial charge in [0, 0.05) is 33.2 Å². The van der Waals surface area contributed by atoms with Crippen LogP contribution in [0, 0.1) is 13.8 Å². The number of aryl methyl sites for hydroxylation is 2. The monoisotopic (exact) mass is 471 g/mol. The number of ketones is 1. The fraction of sp³-hybridized carbons (Fsp3) is 0.179. The van der Waals surface area contributed by atoms with E-state index in [4.69, 9.17) is 9.25 Å². The summed E-state index contributed by atoms with van der Waals surface area (Å²) in [4.78, 5) is 30.9. The summed E-state index contributed by atoms with van der Waals surface area (Å²) in [5, 5.41) is 4.90. The van der Waals surface area contributed by atoms with Gasteiger partial charge in [-0.05, 0) is 74.4 Å². The number of benzene rings is 3. The molecule has 4 aromatic rings. The van der Waals surface area contributed by atoms with Crippen LogP contribution in [0.1, 0.15) is 53.1 Å². The molecular weight excluding hydrogens is 446 g/mol. The number of nitrogens with zero attached hydrogens (tertiary/aromatic N) is 1. The molecule has 0 saturated heterocycles. The van der Waals surface area contributed by atoms with Gasteiger partial charge in [-0.2, -0.15) is 0 Å².